The van der Waals surface area contributed by atoms with Crippen molar-refractivity contribution in [1.29, 1.82) is 0 Å². The number of unbranched alkanes of at least 4 members (excludes halogenated alkanes) is 1. The number of rotatable bonds is 5. The molecular formula is C12H22N4O2S. The van der Waals surface area contributed by atoms with Gasteiger partial charge in [-0.05, 0) is 13.5 Å². The molecule has 0 radical (unpaired) electrons. The molecule has 1 aromatic heterocycles. The van der Waals surface area contributed by atoms with Gasteiger partial charge in [-0.25, -0.2) is 13.4 Å². The van der Waals surface area contributed by atoms with Gasteiger partial charge in [-0.15, -0.1) is 0 Å². The Labute approximate surface area is 114 Å². The summed E-state index contributed by atoms with van der Waals surface area (Å²) in [5, 5.41) is 0. The summed E-state index contributed by atoms with van der Waals surface area (Å²) in [6.07, 6.45) is 5.09. The van der Waals surface area contributed by atoms with Gasteiger partial charge in [0.05, 0.1) is 11.8 Å². The summed E-state index contributed by atoms with van der Waals surface area (Å²) in [5.41, 5.74) is 0. The molecule has 7 heteroatoms. The zero-order chi connectivity index (χ0) is 13.9. The van der Waals surface area contributed by atoms with Crippen LogP contribution < -0.4 is 0 Å². The number of hydrogen-bond donors (Lipinski definition) is 1. The van der Waals surface area contributed by atoms with Crippen LogP contribution in [0.2, 0.25) is 0 Å². The number of H-pyrrole nitrogens is 1. The zero-order valence-corrected chi connectivity index (χ0v) is 12.4. The van der Waals surface area contributed by atoms with Gasteiger partial charge in [0.25, 0.3) is 0 Å². The smallest absolute Gasteiger partial charge is 0.214 e. The second-order valence-corrected chi connectivity index (χ2v) is 7.09. The monoisotopic (exact) mass is 286 g/mol. The van der Waals surface area contributed by atoms with Crippen LogP contribution in [0.5, 0.6) is 0 Å². The Morgan fingerprint density at radius 1 is 1.47 bits per heavy atom. The Morgan fingerprint density at radius 3 is 2.89 bits per heavy atom. The van der Waals surface area contributed by atoms with E-state index >= 15 is 0 Å². The van der Waals surface area contributed by atoms with E-state index in [9.17, 15) is 8.42 Å². The van der Waals surface area contributed by atoms with Gasteiger partial charge in [0.15, 0.2) is 0 Å². The van der Waals surface area contributed by atoms with E-state index in [0.717, 1.165) is 25.2 Å². The Kier molecular flexibility index (Phi) is 4.59. The molecule has 1 N–H and O–H groups in total. The number of aromatic amines is 1. The van der Waals surface area contributed by atoms with E-state index < -0.39 is 10.0 Å². The first-order chi connectivity index (χ1) is 9.04. The van der Waals surface area contributed by atoms with Crippen LogP contribution in [0.4, 0.5) is 0 Å². The average Bonchev–Trinajstić information content (AvgIpc) is 2.90. The molecule has 1 fully saturated rings. The van der Waals surface area contributed by atoms with Crippen LogP contribution in [0.25, 0.3) is 0 Å². The summed E-state index contributed by atoms with van der Waals surface area (Å²) in [6, 6.07) is 0.0140. The third-order valence-corrected chi connectivity index (χ3v) is 5.52. The molecule has 0 aliphatic carbocycles. The molecule has 108 valence electrons. The predicted molar refractivity (Wildman–Crippen MR) is 74.2 cm³/mol. The highest BCUT2D eigenvalue weighted by Crippen LogP contribution is 2.23. The Bertz CT molecular complexity index is 486. The molecule has 2 rings (SSSR count). The molecule has 19 heavy (non-hydrogen) atoms. The highest BCUT2D eigenvalue weighted by Gasteiger charge is 2.33. The first-order valence-corrected chi connectivity index (χ1v) is 8.33. The lowest BCUT2D eigenvalue weighted by molar-refractivity contribution is 0.142. The minimum Gasteiger partial charge on any atom is -0.347 e. The van der Waals surface area contributed by atoms with E-state index in [1.807, 2.05) is 14.0 Å². The van der Waals surface area contributed by atoms with Crippen LogP contribution in [-0.4, -0.2) is 60.0 Å². The van der Waals surface area contributed by atoms with Crippen molar-refractivity contribution in [3.8, 4) is 0 Å². The predicted octanol–water partition coefficient (Wildman–Crippen LogP) is 0.828. The summed E-state index contributed by atoms with van der Waals surface area (Å²) in [4.78, 5) is 9.47. The molecule has 1 saturated heterocycles. The normalized spacial score (nSPS) is 22.7. The van der Waals surface area contributed by atoms with E-state index in [-0.39, 0.29) is 11.8 Å². The Morgan fingerprint density at radius 2 is 2.26 bits per heavy atom. The lowest BCUT2D eigenvalue weighted by atomic mass is 10.2. The van der Waals surface area contributed by atoms with Gasteiger partial charge in [-0.3, -0.25) is 4.90 Å². The third-order valence-electron chi connectivity index (χ3n) is 3.59. The van der Waals surface area contributed by atoms with Crippen molar-refractivity contribution in [3.05, 3.63) is 18.2 Å². The molecule has 0 saturated carbocycles. The zero-order valence-electron chi connectivity index (χ0n) is 11.5. The molecule has 1 aliphatic rings. The van der Waals surface area contributed by atoms with Crippen LogP contribution in [0.1, 0.15) is 31.6 Å². The number of aromatic nitrogens is 2. The molecule has 6 nitrogen and oxygen atoms in total. The molecular weight excluding hydrogens is 264 g/mol. The minimum absolute atomic E-state index is 0.0140. The highest BCUT2D eigenvalue weighted by molar-refractivity contribution is 7.89. The standard InChI is InChI=1S/C12H22N4O2S/c1-3-4-9-19(17,18)16-8-7-15(2)11(10-16)12-13-5-6-14-12/h5-6,11H,3-4,7-10H2,1-2H3,(H,13,14)/t11-/m1/s1. The largest absolute Gasteiger partial charge is 0.347 e. The van der Waals surface area contributed by atoms with Gasteiger partial charge < -0.3 is 4.98 Å². The number of nitrogens with one attached hydrogen (secondary N) is 1. The topological polar surface area (TPSA) is 69.3 Å². The average molecular weight is 286 g/mol. The van der Waals surface area contributed by atoms with Gasteiger partial charge in [0.2, 0.25) is 10.0 Å². The SMILES string of the molecule is CCCCS(=O)(=O)N1CCN(C)[C@@H](c2ncc[nH]2)C1. The fourth-order valence-corrected chi connectivity index (χ4v) is 3.95. The maximum absolute atomic E-state index is 12.2. The first-order valence-electron chi connectivity index (χ1n) is 6.72. The van der Waals surface area contributed by atoms with Crippen molar-refractivity contribution < 1.29 is 8.42 Å². The highest BCUT2D eigenvalue weighted by atomic mass is 32.2. The molecule has 0 spiro atoms. The van der Waals surface area contributed by atoms with Gasteiger partial charge in [0.1, 0.15) is 5.82 Å². The molecule has 1 aromatic rings. The minimum atomic E-state index is -3.13. The number of imidazole rings is 1. The fraction of sp³-hybridized carbons (Fsp3) is 0.750. The maximum Gasteiger partial charge on any atom is 0.214 e. The van der Waals surface area contributed by atoms with Crippen molar-refractivity contribution >= 4 is 10.0 Å². The summed E-state index contributed by atoms with van der Waals surface area (Å²) in [6.45, 7) is 3.79. The number of nitrogens with zero attached hydrogens (tertiary/aromatic N) is 3. The number of piperazine rings is 1. The second kappa shape index (κ2) is 6.02. The number of likely N-dealkylation sites (N-methyl/N-ethyl adjacent to an activating group) is 1. The maximum atomic E-state index is 12.2. The molecule has 1 aliphatic heterocycles. The van der Waals surface area contributed by atoms with E-state index in [1.54, 1.807) is 16.7 Å². The second-order valence-electron chi connectivity index (χ2n) is 5.00. The summed E-state index contributed by atoms with van der Waals surface area (Å²) in [7, 11) is -1.12. The molecule has 2 heterocycles. The van der Waals surface area contributed by atoms with E-state index in [0.29, 0.717) is 13.1 Å². The van der Waals surface area contributed by atoms with Crippen molar-refractivity contribution in [2.45, 2.75) is 25.8 Å². The van der Waals surface area contributed by atoms with Gasteiger partial charge in [-0.2, -0.15) is 4.31 Å². The fourth-order valence-electron chi connectivity index (χ4n) is 2.31. The van der Waals surface area contributed by atoms with Crippen LogP contribution in [0.15, 0.2) is 12.4 Å². The van der Waals surface area contributed by atoms with E-state index in [2.05, 4.69) is 14.9 Å². The molecule has 0 aromatic carbocycles. The summed E-state index contributed by atoms with van der Waals surface area (Å²) in [5.74, 6) is 1.08. The first kappa shape index (κ1) is 14.5. The van der Waals surface area contributed by atoms with Crippen molar-refractivity contribution in [2.75, 3.05) is 32.4 Å². The lowest BCUT2D eigenvalue weighted by Gasteiger charge is -2.37. The van der Waals surface area contributed by atoms with Gasteiger partial charge in [0, 0.05) is 32.0 Å². The molecule has 0 amide bonds. The van der Waals surface area contributed by atoms with Crippen molar-refractivity contribution in [2.24, 2.45) is 0 Å². The van der Waals surface area contributed by atoms with E-state index in [4.69, 9.17) is 0 Å². The molecule has 0 unspecified atom stereocenters. The van der Waals surface area contributed by atoms with Gasteiger partial charge >= 0.3 is 0 Å². The van der Waals surface area contributed by atoms with Crippen LogP contribution in [0.3, 0.4) is 0 Å². The Balaban J connectivity index is 2.09. The third kappa shape index (κ3) is 3.34. The van der Waals surface area contributed by atoms with Crippen molar-refractivity contribution in [3.63, 3.8) is 0 Å². The number of hydrogen-bond acceptors (Lipinski definition) is 4. The summed E-state index contributed by atoms with van der Waals surface area (Å²) < 4.78 is 26.1. The van der Waals surface area contributed by atoms with Crippen LogP contribution in [-0.2, 0) is 10.0 Å². The molecule has 0 bridgehead atoms. The Hall–Kier alpha value is -0.920. The molecule has 1 atom stereocenters. The van der Waals surface area contributed by atoms with E-state index in [1.165, 1.54) is 0 Å². The summed E-state index contributed by atoms with van der Waals surface area (Å²) >= 11 is 0. The lowest BCUT2D eigenvalue weighted by Crippen LogP contribution is -2.49. The van der Waals surface area contributed by atoms with Crippen molar-refractivity contribution in [1.82, 2.24) is 19.2 Å². The number of sulfonamides is 1. The van der Waals surface area contributed by atoms with Gasteiger partial charge in [-0.1, -0.05) is 13.3 Å². The van der Waals surface area contributed by atoms with Crippen LogP contribution >= 0.6 is 0 Å². The van der Waals surface area contributed by atoms with Crippen LogP contribution in [0, 0.1) is 0 Å². The quantitative estimate of drug-likeness (QED) is 0.870.